The van der Waals surface area contributed by atoms with Crippen LogP contribution in [0.25, 0.3) is 0 Å². The van der Waals surface area contributed by atoms with Crippen LogP contribution in [-0.2, 0) is 6.54 Å². The summed E-state index contributed by atoms with van der Waals surface area (Å²) in [7, 11) is 1.85. The third kappa shape index (κ3) is 3.05. The third-order valence-corrected chi connectivity index (χ3v) is 3.37. The first-order chi connectivity index (χ1) is 8.31. The van der Waals surface area contributed by atoms with Crippen molar-refractivity contribution in [1.82, 2.24) is 10.3 Å². The Morgan fingerprint density at radius 1 is 1.24 bits per heavy atom. The molecule has 0 spiro atoms. The van der Waals surface area contributed by atoms with E-state index in [1.54, 1.807) is 12.3 Å². The van der Waals surface area contributed by atoms with Gasteiger partial charge in [0.15, 0.2) is 0 Å². The second-order valence-corrected chi connectivity index (χ2v) is 4.56. The molecule has 2 rings (SSSR count). The number of nitrogens with zero attached hydrogens (tertiary/aromatic N) is 1. The molecule has 1 heterocycles. The number of hydrogen-bond donors (Lipinski definition) is 1. The third-order valence-electron chi connectivity index (χ3n) is 2.26. The number of aromatic nitrogens is 1. The predicted molar refractivity (Wildman–Crippen MR) is 67.5 cm³/mol. The van der Waals surface area contributed by atoms with Gasteiger partial charge in [-0.15, -0.1) is 0 Å². The minimum atomic E-state index is -0.201. The molecule has 0 aliphatic rings. The lowest BCUT2D eigenvalue weighted by Crippen LogP contribution is -2.06. The number of halogens is 1. The zero-order valence-electron chi connectivity index (χ0n) is 9.48. The first-order valence-corrected chi connectivity index (χ1v) is 6.14. The second kappa shape index (κ2) is 5.80. The predicted octanol–water partition coefficient (Wildman–Crippen LogP) is 3.09. The normalized spacial score (nSPS) is 10.5. The molecule has 2 nitrogen and oxygen atoms in total. The van der Waals surface area contributed by atoms with Crippen LogP contribution in [0.15, 0.2) is 52.5 Å². The molecule has 88 valence electrons. The fourth-order valence-corrected chi connectivity index (χ4v) is 2.42. The zero-order chi connectivity index (χ0) is 12.1. The molecular weight excluding hydrogens is 235 g/mol. The van der Waals surface area contributed by atoms with Crippen LogP contribution in [0, 0.1) is 5.82 Å². The molecule has 0 unspecified atom stereocenters. The number of hydrogen-bond acceptors (Lipinski definition) is 3. The SMILES string of the molecule is CNCc1cccc(F)c1Sc1ccccn1. The minimum absolute atomic E-state index is 0.201. The van der Waals surface area contributed by atoms with E-state index >= 15 is 0 Å². The molecular formula is C13H13FN2S. The van der Waals surface area contributed by atoms with Crippen LogP contribution in [0.5, 0.6) is 0 Å². The summed E-state index contributed by atoms with van der Waals surface area (Å²) in [4.78, 5) is 4.83. The van der Waals surface area contributed by atoms with E-state index in [0.717, 1.165) is 10.6 Å². The lowest BCUT2D eigenvalue weighted by Gasteiger charge is -2.09. The van der Waals surface area contributed by atoms with E-state index in [4.69, 9.17) is 0 Å². The quantitative estimate of drug-likeness (QED) is 0.900. The average molecular weight is 248 g/mol. The molecule has 4 heteroatoms. The van der Waals surface area contributed by atoms with Crippen LogP contribution in [0.2, 0.25) is 0 Å². The summed E-state index contributed by atoms with van der Waals surface area (Å²) in [6.45, 7) is 0.646. The fourth-order valence-electron chi connectivity index (χ4n) is 1.51. The lowest BCUT2D eigenvalue weighted by molar-refractivity contribution is 0.594. The van der Waals surface area contributed by atoms with Crippen molar-refractivity contribution in [1.29, 1.82) is 0 Å². The first-order valence-electron chi connectivity index (χ1n) is 5.32. The molecule has 1 N–H and O–H groups in total. The standard InChI is InChI=1S/C13H13FN2S/c1-15-9-10-5-4-6-11(14)13(10)17-12-7-2-3-8-16-12/h2-8,15H,9H2,1H3. The van der Waals surface area contributed by atoms with Gasteiger partial charge in [0.2, 0.25) is 0 Å². The van der Waals surface area contributed by atoms with Gasteiger partial charge in [-0.2, -0.15) is 0 Å². The lowest BCUT2D eigenvalue weighted by atomic mass is 10.2. The van der Waals surface area contributed by atoms with Crippen molar-refractivity contribution in [3.05, 3.63) is 54.0 Å². The Labute approximate surface area is 104 Å². The summed E-state index contributed by atoms with van der Waals surface area (Å²) in [6.07, 6.45) is 1.71. The molecule has 0 atom stereocenters. The maximum atomic E-state index is 13.8. The van der Waals surface area contributed by atoms with Crippen molar-refractivity contribution in [3.63, 3.8) is 0 Å². The van der Waals surface area contributed by atoms with Gasteiger partial charge in [-0.05, 0) is 30.8 Å². The van der Waals surface area contributed by atoms with Crippen LogP contribution >= 0.6 is 11.8 Å². The van der Waals surface area contributed by atoms with Gasteiger partial charge in [-0.1, -0.05) is 30.0 Å². The Balaban J connectivity index is 2.31. The summed E-state index contributed by atoms with van der Waals surface area (Å²) in [6, 6.07) is 10.7. The van der Waals surface area contributed by atoms with Gasteiger partial charge in [0, 0.05) is 12.7 Å². The zero-order valence-corrected chi connectivity index (χ0v) is 10.3. The van der Waals surface area contributed by atoms with Crippen molar-refractivity contribution in [2.24, 2.45) is 0 Å². The van der Waals surface area contributed by atoms with E-state index in [-0.39, 0.29) is 5.82 Å². The largest absolute Gasteiger partial charge is 0.316 e. The van der Waals surface area contributed by atoms with Crippen LogP contribution in [0.3, 0.4) is 0 Å². The Bertz CT molecular complexity index is 488. The van der Waals surface area contributed by atoms with E-state index in [1.807, 2.05) is 31.3 Å². The Morgan fingerprint density at radius 3 is 2.82 bits per heavy atom. The summed E-state index contributed by atoms with van der Waals surface area (Å²) in [5.41, 5.74) is 0.947. The molecule has 0 aliphatic heterocycles. The van der Waals surface area contributed by atoms with Gasteiger partial charge in [-0.3, -0.25) is 0 Å². The Hall–Kier alpha value is -1.39. The number of pyridine rings is 1. The highest BCUT2D eigenvalue weighted by atomic mass is 32.2. The maximum Gasteiger partial charge on any atom is 0.137 e. The number of nitrogens with one attached hydrogen (secondary N) is 1. The second-order valence-electron chi connectivity index (χ2n) is 3.53. The van der Waals surface area contributed by atoms with Gasteiger partial charge in [-0.25, -0.2) is 9.37 Å². The van der Waals surface area contributed by atoms with E-state index in [9.17, 15) is 4.39 Å². The topological polar surface area (TPSA) is 24.9 Å². The molecule has 1 aromatic heterocycles. The summed E-state index contributed by atoms with van der Waals surface area (Å²) < 4.78 is 13.8. The molecule has 2 aromatic rings. The van der Waals surface area contributed by atoms with Crippen molar-refractivity contribution < 1.29 is 4.39 Å². The highest BCUT2D eigenvalue weighted by Gasteiger charge is 2.09. The van der Waals surface area contributed by atoms with Crippen LogP contribution in [0.1, 0.15) is 5.56 Å². The van der Waals surface area contributed by atoms with Gasteiger partial charge >= 0.3 is 0 Å². The molecule has 1 aromatic carbocycles. The van der Waals surface area contributed by atoms with Crippen LogP contribution in [0.4, 0.5) is 4.39 Å². The number of rotatable bonds is 4. The Morgan fingerprint density at radius 2 is 2.12 bits per heavy atom. The van der Waals surface area contributed by atoms with Gasteiger partial charge < -0.3 is 5.32 Å². The minimum Gasteiger partial charge on any atom is -0.316 e. The van der Waals surface area contributed by atoms with E-state index in [1.165, 1.54) is 17.8 Å². The van der Waals surface area contributed by atoms with Crippen molar-refractivity contribution in [2.75, 3.05) is 7.05 Å². The highest BCUT2D eigenvalue weighted by molar-refractivity contribution is 7.99. The van der Waals surface area contributed by atoms with Gasteiger partial charge in [0.25, 0.3) is 0 Å². The van der Waals surface area contributed by atoms with E-state index in [0.29, 0.717) is 11.4 Å². The summed E-state index contributed by atoms with van der Waals surface area (Å²) in [5.74, 6) is -0.201. The van der Waals surface area contributed by atoms with Crippen LogP contribution in [-0.4, -0.2) is 12.0 Å². The first kappa shape index (κ1) is 12.1. The molecule has 0 saturated heterocycles. The summed E-state index contributed by atoms with van der Waals surface area (Å²) in [5, 5.41) is 3.84. The van der Waals surface area contributed by atoms with Crippen LogP contribution < -0.4 is 5.32 Å². The highest BCUT2D eigenvalue weighted by Crippen LogP contribution is 2.31. The van der Waals surface area contributed by atoms with Crippen molar-refractivity contribution in [2.45, 2.75) is 16.5 Å². The maximum absolute atomic E-state index is 13.8. The fraction of sp³-hybridized carbons (Fsp3) is 0.154. The smallest absolute Gasteiger partial charge is 0.137 e. The molecule has 17 heavy (non-hydrogen) atoms. The monoisotopic (exact) mass is 248 g/mol. The average Bonchev–Trinajstić information content (AvgIpc) is 2.35. The molecule has 0 bridgehead atoms. The number of benzene rings is 1. The van der Waals surface area contributed by atoms with E-state index in [2.05, 4.69) is 10.3 Å². The van der Waals surface area contributed by atoms with Crippen molar-refractivity contribution >= 4 is 11.8 Å². The van der Waals surface area contributed by atoms with E-state index < -0.39 is 0 Å². The van der Waals surface area contributed by atoms with Gasteiger partial charge in [0.05, 0.1) is 4.90 Å². The van der Waals surface area contributed by atoms with Gasteiger partial charge in [0.1, 0.15) is 10.8 Å². The Kier molecular flexibility index (Phi) is 4.12. The molecule has 0 aliphatic carbocycles. The van der Waals surface area contributed by atoms with Crippen molar-refractivity contribution in [3.8, 4) is 0 Å². The molecule has 0 fully saturated rings. The molecule has 0 saturated carbocycles. The molecule has 0 amide bonds. The molecule has 0 radical (unpaired) electrons. The summed E-state index contributed by atoms with van der Waals surface area (Å²) >= 11 is 1.35.